The SMILES string of the molecule is CCC1O[C@H]([C@H](NC(=O)[C@H]2NC[C@@H]3CC=CCO[C@H]32)[C@@H](C)O)C(O)[C@@H](O)[C@H]1O. The van der Waals surface area contributed by atoms with E-state index in [1.54, 1.807) is 6.92 Å². The lowest BCUT2D eigenvalue weighted by Crippen LogP contribution is -2.66. The standard InChI is InChI=1S/C19H32N2O7/c1-3-11-14(23)15(24)16(25)18(28-11)12(9(2)22)21-19(26)13-17-10(8-20-13)6-4-5-7-27-17/h4-5,9-18,20,22-25H,3,6-8H2,1-2H3,(H,21,26)/t9-,10+,11?,12-,13+,14+,15+,16?,17-,18-/m1/s1. The van der Waals surface area contributed by atoms with Crippen molar-refractivity contribution >= 4 is 5.91 Å². The van der Waals surface area contributed by atoms with E-state index < -0.39 is 48.7 Å². The molecule has 28 heavy (non-hydrogen) atoms. The van der Waals surface area contributed by atoms with Crippen molar-refractivity contribution in [3.63, 3.8) is 0 Å². The van der Waals surface area contributed by atoms with Gasteiger partial charge >= 0.3 is 0 Å². The average Bonchev–Trinajstić information content (AvgIpc) is 2.93. The number of aliphatic hydroxyl groups excluding tert-OH is 4. The molecule has 3 aliphatic rings. The molecule has 0 spiro atoms. The van der Waals surface area contributed by atoms with E-state index in [0.29, 0.717) is 19.6 Å². The third-order valence-electron chi connectivity index (χ3n) is 6.00. The molecule has 3 rings (SSSR count). The molecule has 0 aromatic heterocycles. The zero-order valence-electron chi connectivity index (χ0n) is 16.3. The minimum Gasteiger partial charge on any atom is -0.391 e. The number of carbonyl (C=O) groups excluding carboxylic acids is 1. The normalized spacial score (nSPS) is 43.1. The molecule has 2 fully saturated rings. The summed E-state index contributed by atoms with van der Waals surface area (Å²) in [6.07, 6.45) is -1.95. The highest BCUT2D eigenvalue weighted by atomic mass is 16.5. The van der Waals surface area contributed by atoms with E-state index in [9.17, 15) is 25.2 Å². The van der Waals surface area contributed by atoms with E-state index in [4.69, 9.17) is 9.47 Å². The van der Waals surface area contributed by atoms with Gasteiger partial charge < -0.3 is 40.5 Å². The first-order valence-corrected chi connectivity index (χ1v) is 10.0. The first-order valence-electron chi connectivity index (χ1n) is 10.0. The van der Waals surface area contributed by atoms with Gasteiger partial charge in [0.15, 0.2) is 0 Å². The molecule has 3 heterocycles. The fourth-order valence-corrected chi connectivity index (χ4v) is 4.33. The van der Waals surface area contributed by atoms with Crippen molar-refractivity contribution in [3.05, 3.63) is 12.2 Å². The lowest BCUT2D eigenvalue weighted by Gasteiger charge is -2.44. The van der Waals surface area contributed by atoms with Crippen LogP contribution in [-0.4, -0.2) is 94.3 Å². The zero-order valence-corrected chi connectivity index (χ0v) is 16.3. The van der Waals surface area contributed by atoms with Crippen molar-refractivity contribution in [1.82, 2.24) is 10.6 Å². The Balaban J connectivity index is 1.71. The second-order valence-electron chi connectivity index (χ2n) is 7.95. The zero-order chi connectivity index (χ0) is 20.4. The minimum atomic E-state index is -1.44. The predicted molar refractivity (Wildman–Crippen MR) is 99.4 cm³/mol. The highest BCUT2D eigenvalue weighted by Gasteiger charge is 2.48. The van der Waals surface area contributed by atoms with E-state index in [1.165, 1.54) is 6.92 Å². The molecule has 0 aromatic rings. The third kappa shape index (κ3) is 4.25. The summed E-state index contributed by atoms with van der Waals surface area (Å²) in [6.45, 7) is 4.36. The van der Waals surface area contributed by atoms with Crippen LogP contribution in [0.15, 0.2) is 12.2 Å². The van der Waals surface area contributed by atoms with E-state index in [0.717, 1.165) is 6.42 Å². The molecule has 160 valence electrons. The van der Waals surface area contributed by atoms with Crippen LogP contribution in [0.25, 0.3) is 0 Å². The topological polar surface area (TPSA) is 141 Å². The van der Waals surface area contributed by atoms with Crippen LogP contribution in [0.3, 0.4) is 0 Å². The Bertz CT molecular complexity index is 570. The van der Waals surface area contributed by atoms with Gasteiger partial charge in [-0.1, -0.05) is 19.1 Å². The molecule has 10 atom stereocenters. The van der Waals surface area contributed by atoms with Crippen molar-refractivity contribution in [3.8, 4) is 0 Å². The number of ether oxygens (including phenoxy) is 2. The number of allylic oxidation sites excluding steroid dienone is 1. The lowest BCUT2D eigenvalue weighted by molar-refractivity contribution is -0.234. The molecule has 0 radical (unpaired) electrons. The Morgan fingerprint density at radius 3 is 2.68 bits per heavy atom. The molecule has 0 aliphatic carbocycles. The molecule has 9 nitrogen and oxygen atoms in total. The van der Waals surface area contributed by atoms with Gasteiger partial charge in [-0.3, -0.25) is 4.79 Å². The van der Waals surface area contributed by atoms with E-state index >= 15 is 0 Å². The summed E-state index contributed by atoms with van der Waals surface area (Å²) in [5, 5.41) is 46.8. The maximum atomic E-state index is 12.9. The molecule has 0 aromatic carbocycles. The van der Waals surface area contributed by atoms with Crippen LogP contribution >= 0.6 is 0 Å². The van der Waals surface area contributed by atoms with Gasteiger partial charge in [-0.2, -0.15) is 0 Å². The van der Waals surface area contributed by atoms with Gasteiger partial charge in [0.05, 0.1) is 31.0 Å². The molecule has 0 bridgehead atoms. The molecule has 2 unspecified atom stereocenters. The molecule has 1 amide bonds. The Kier molecular flexibility index (Phi) is 7.08. The smallest absolute Gasteiger partial charge is 0.240 e. The van der Waals surface area contributed by atoms with Crippen molar-refractivity contribution in [2.75, 3.05) is 13.2 Å². The van der Waals surface area contributed by atoms with Crippen molar-refractivity contribution in [2.24, 2.45) is 5.92 Å². The quantitative estimate of drug-likeness (QED) is 0.293. The Hall–Kier alpha value is -1.07. The second kappa shape index (κ2) is 9.17. The van der Waals surface area contributed by atoms with Crippen molar-refractivity contribution < 1.29 is 34.7 Å². The van der Waals surface area contributed by atoms with Gasteiger partial charge in [-0.05, 0) is 19.8 Å². The summed E-state index contributed by atoms with van der Waals surface area (Å²) >= 11 is 0. The number of aliphatic hydroxyl groups is 4. The van der Waals surface area contributed by atoms with E-state index in [2.05, 4.69) is 16.7 Å². The Morgan fingerprint density at radius 2 is 2.00 bits per heavy atom. The molecular formula is C19H32N2O7. The molecule has 2 saturated heterocycles. The maximum Gasteiger partial charge on any atom is 0.240 e. The van der Waals surface area contributed by atoms with Gasteiger partial charge in [-0.25, -0.2) is 0 Å². The number of hydrogen-bond acceptors (Lipinski definition) is 8. The fourth-order valence-electron chi connectivity index (χ4n) is 4.33. The molecule has 0 saturated carbocycles. The van der Waals surface area contributed by atoms with Gasteiger partial charge in [0.25, 0.3) is 0 Å². The van der Waals surface area contributed by atoms with Crippen LogP contribution in [0, 0.1) is 5.92 Å². The number of carbonyl (C=O) groups is 1. The Morgan fingerprint density at radius 1 is 1.25 bits per heavy atom. The predicted octanol–water partition coefficient (Wildman–Crippen LogP) is -1.95. The highest BCUT2D eigenvalue weighted by Crippen LogP contribution is 2.28. The molecule has 9 heteroatoms. The monoisotopic (exact) mass is 400 g/mol. The van der Waals surface area contributed by atoms with Crippen LogP contribution in [-0.2, 0) is 14.3 Å². The van der Waals surface area contributed by atoms with E-state index in [1.807, 2.05) is 6.08 Å². The van der Waals surface area contributed by atoms with Gasteiger partial charge in [-0.15, -0.1) is 0 Å². The van der Waals surface area contributed by atoms with Crippen molar-refractivity contribution in [1.29, 1.82) is 0 Å². The Labute approximate surface area is 164 Å². The fraction of sp³-hybridized carbons (Fsp3) is 0.842. The van der Waals surface area contributed by atoms with Crippen LogP contribution in [0.2, 0.25) is 0 Å². The molecule has 3 aliphatic heterocycles. The second-order valence-corrected chi connectivity index (χ2v) is 7.95. The highest BCUT2D eigenvalue weighted by molar-refractivity contribution is 5.83. The average molecular weight is 400 g/mol. The summed E-state index contributed by atoms with van der Waals surface area (Å²) in [7, 11) is 0. The lowest BCUT2D eigenvalue weighted by atomic mass is 9.88. The number of nitrogens with one attached hydrogen (secondary N) is 2. The minimum absolute atomic E-state index is 0.192. The van der Waals surface area contributed by atoms with Crippen LogP contribution in [0.1, 0.15) is 26.7 Å². The number of hydrogen-bond donors (Lipinski definition) is 6. The summed E-state index contributed by atoms with van der Waals surface area (Å²) in [5.74, 6) is -0.165. The van der Waals surface area contributed by atoms with Crippen LogP contribution < -0.4 is 10.6 Å². The summed E-state index contributed by atoms with van der Waals surface area (Å²) in [4.78, 5) is 12.9. The van der Waals surface area contributed by atoms with Crippen molar-refractivity contribution in [2.45, 2.75) is 81.5 Å². The molecule has 6 N–H and O–H groups in total. The first kappa shape index (κ1) is 21.6. The number of amides is 1. The summed E-state index contributed by atoms with van der Waals surface area (Å²) < 4.78 is 11.6. The van der Waals surface area contributed by atoms with Crippen LogP contribution in [0.4, 0.5) is 0 Å². The van der Waals surface area contributed by atoms with Gasteiger partial charge in [0.1, 0.15) is 30.5 Å². The number of rotatable bonds is 5. The van der Waals surface area contributed by atoms with Crippen LogP contribution in [0.5, 0.6) is 0 Å². The van der Waals surface area contributed by atoms with Gasteiger partial charge in [0, 0.05) is 12.5 Å². The van der Waals surface area contributed by atoms with E-state index in [-0.39, 0.29) is 17.9 Å². The summed E-state index contributed by atoms with van der Waals surface area (Å²) in [5.41, 5.74) is 0. The third-order valence-corrected chi connectivity index (χ3v) is 6.00. The maximum absolute atomic E-state index is 12.9. The number of fused-ring (bicyclic) bond motifs is 1. The molecular weight excluding hydrogens is 368 g/mol. The first-order chi connectivity index (χ1) is 13.3. The largest absolute Gasteiger partial charge is 0.391 e. The van der Waals surface area contributed by atoms with Gasteiger partial charge in [0.2, 0.25) is 5.91 Å². The summed E-state index contributed by atoms with van der Waals surface area (Å²) in [6, 6.07) is -1.53.